The van der Waals surface area contributed by atoms with Crippen LogP contribution in [0.5, 0.6) is 11.5 Å². The molecule has 0 aliphatic rings. The molecule has 0 aliphatic heterocycles. The third kappa shape index (κ3) is 8.13. The Morgan fingerprint density at radius 1 is 0.788 bits per heavy atom. The van der Waals surface area contributed by atoms with Crippen molar-refractivity contribution in [3.8, 4) is 11.5 Å². The molecule has 0 saturated carbocycles. The first-order chi connectivity index (χ1) is 13.4. The number of azo groups is 1. The van der Waals surface area contributed by atoms with Gasteiger partial charge in [0.15, 0.2) is 0 Å². The molecular weight excluding hydrogens is 562 g/mol. The van der Waals surface area contributed by atoms with Gasteiger partial charge in [-0.15, -0.1) is 10.2 Å². The first-order valence-corrected chi connectivity index (χ1v) is 10.8. The molecule has 6 N–H and O–H groups in total. The van der Waals surface area contributed by atoms with Gasteiger partial charge in [0.05, 0.1) is 4.90 Å². The molecule has 0 aliphatic carbocycles. The molecule has 0 heterocycles. The van der Waals surface area contributed by atoms with E-state index >= 15 is 0 Å². The van der Waals surface area contributed by atoms with Crippen molar-refractivity contribution in [1.29, 1.82) is 0 Å². The summed E-state index contributed by atoms with van der Waals surface area (Å²) in [7, 11) is -9.81. The largest absolute Gasteiger partial charge is 1.00 e. The van der Waals surface area contributed by atoms with Crippen LogP contribution < -0.4 is 59.1 Å². The smallest absolute Gasteiger partial charge is 0.506 e. The molecule has 0 fully saturated rings. The number of rotatable bonds is 4. The number of benzene rings is 3. The molecule has 3 rings (SSSR count). The second-order valence-electron chi connectivity index (χ2n) is 5.74. The Bertz CT molecular complexity index is 1400. The molecule has 33 heavy (non-hydrogen) atoms. The standard InChI is InChI=1S/C16H11ClN2O8S2.Cr.2Na.H2O/c17-9-2-4-12(20)11(6-9)18-19-16-13(21)3-1-8-5-10(28(22,23)24)7-14(15(8)16)29(25,26)27;;;;/h1-7,20-21H,(H,22,23,24)(H,25,26,27);;;;1H2/q;;2*+1;. The van der Waals surface area contributed by atoms with E-state index in [9.17, 15) is 36.2 Å². The van der Waals surface area contributed by atoms with Crippen molar-refractivity contribution in [2.24, 2.45) is 10.2 Å². The minimum atomic E-state index is -5.01. The zero-order valence-electron chi connectivity index (χ0n) is 17.0. The summed E-state index contributed by atoms with van der Waals surface area (Å²) in [4.78, 5) is -1.72. The van der Waals surface area contributed by atoms with Gasteiger partial charge in [0.1, 0.15) is 27.8 Å². The van der Waals surface area contributed by atoms with Gasteiger partial charge in [0.25, 0.3) is 20.2 Å². The van der Waals surface area contributed by atoms with Gasteiger partial charge in [-0.2, -0.15) is 16.8 Å². The first kappa shape index (κ1) is 34.9. The molecule has 0 radical (unpaired) electrons. The monoisotopic (exact) mass is 574 g/mol. The van der Waals surface area contributed by atoms with Crippen LogP contribution in [-0.2, 0) is 37.6 Å². The Labute approximate surface area is 248 Å². The number of hydrogen-bond acceptors (Lipinski definition) is 8. The number of halogens is 1. The van der Waals surface area contributed by atoms with Gasteiger partial charge < -0.3 is 15.7 Å². The molecule has 17 heteroatoms. The average molecular weight is 575 g/mol. The number of aromatic hydroxyl groups is 2. The van der Waals surface area contributed by atoms with Crippen molar-refractivity contribution in [3.05, 3.63) is 47.5 Å². The molecule has 0 saturated heterocycles. The van der Waals surface area contributed by atoms with Crippen molar-refractivity contribution >= 4 is 54.0 Å². The van der Waals surface area contributed by atoms with E-state index < -0.39 is 41.5 Å². The molecular formula is C16H13ClCrN2Na2O9S2+2. The fourth-order valence-corrected chi connectivity index (χ4v) is 4.04. The van der Waals surface area contributed by atoms with Gasteiger partial charge in [-0.3, -0.25) is 9.11 Å². The van der Waals surface area contributed by atoms with Gasteiger partial charge in [0.2, 0.25) is 0 Å². The van der Waals surface area contributed by atoms with Crippen LogP contribution in [0.25, 0.3) is 10.8 Å². The molecule has 3 aromatic rings. The summed E-state index contributed by atoms with van der Waals surface area (Å²) in [5, 5.41) is 27.2. The van der Waals surface area contributed by atoms with E-state index in [1.165, 1.54) is 18.2 Å². The van der Waals surface area contributed by atoms with Crippen LogP contribution in [0.4, 0.5) is 11.4 Å². The summed E-state index contributed by atoms with van der Waals surface area (Å²) in [5.41, 5.74) is -0.534. The topological polar surface area (TPSA) is 205 Å². The Kier molecular flexibility index (Phi) is 13.9. The third-order valence-electron chi connectivity index (χ3n) is 3.78. The van der Waals surface area contributed by atoms with E-state index in [0.29, 0.717) is 6.07 Å². The van der Waals surface area contributed by atoms with E-state index in [-0.39, 0.29) is 109 Å². The number of phenolic OH excluding ortho intramolecular Hbond substituents is 2. The Morgan fingerprint density at radius 3 is 1.91 bits per heavy atom. The number of phenols is 2. The SMILES string of the molecule is O.O=S(=O)(O)c1cc(S(=O)(=O)O)c2c(N=Nc3cc(Cl)ccc3O)c(O)ccc2c1.[Cr].[Na+].[Na+]. The molecule has 0 amide bonds. The van der Waals surface area contributed by atoms with Crippen LogP contribution in [0.1, 0.15) is 0 Å². The van der Waals surface area contributed by atoms with E-state index in [1.54, 1.807) is 0 Å². The minimum Gasteiger partial charge on any atom is -0.506 e. The van der Waals surface area contributed by atoms with Crippen LogP contribution in [0.2, 0.25) is 5.02 Å². The predicted octanol–water partition coefficient (Wildman–Crippen LogP) is -3.01. The maximum atomic E-state index is 11.8. The average Bonchev–Trinajstić information content (AvgIpc) is 2.61. The zero-order valence-corrected chi connectivity index (χ0v) is 24.6. The first-order valence-electron chi connectivity index (χ1n) is 7.53. The van der Waals surface area contributed by atoms with Crippen molar-refractivity contribution in [2.45, 2.75) is 9.79 Å². The summed E-state index contributed by atoms with van der Waals surface area (Å²) in [5.74, 6) is -0.853. The van der Waals surface area contributed by atoms with E-state index in [0.717, 1.165) is 18.2 Å². The molecule has 0 aromatic heterocycles. The summed E-state index contributed by atoms with van der Waals surface area (Å²) in [6.07, 6.45) is 0. The van der Waals surface area contributed by atoms with Crippen molar-refractivity contribution in [3.63, 3.8) is 0 Å². The second kappa shape index (κ2) is 13.1. The Morgan fingerprint density at radius 2 is 1.36 bits per heavy atom. The summed E-state index contributed by atoms with van der Waals surface area (Å²) >= 11 is 5.82. The fourth-order valence-electron chi connectivity index (χ4n) is 2.51. The van der Waals surface area contributed by atoms with Crippen LogP contribution in [0.15, 0.2) is 62.5 Å². The third-order valence-corrected chi connectivity index (χ3v) is 5.72. The number of fused-ring (bicyclic) bond motifs is 1. The summed E-state index contributed by atoms with van der Waals surface area (Å²) in [6.45, 7) is 0. The van der Waals surface area contributed by atoms with Gasteiger partial charge in [0, 0.05) is 27.8 Å². The van der Waals surface area contributed by atoms with Crippen LogP contribution in [-0.4, -0.2) is 41.6 Å². The van der Waals surface area contributed by atoms with Gasteiger partial charge in [-0.25, -0.2) is 0 Å². The van der Waals surface area contributed by atoms with Gasteiger partial charge in [-0.05, 0) is 41.8 Å². The maximum absolute atomic E-state index is 11.8. The van der Waals surface area contributed by atoms with Gasteiger partial charge in [-0.1, -0.05) is 17.7 Å². The molecule has 0 atom stereocenters. The van der Waals surface area contributed by atoms with Crippen molar-refractivity contribution < 1.29 is 118 Å². The molecule has 3 aromatic carbocycles. The minimum absolute atomic E-state index is 0. The zero-order chi connectivity index (χ0) is 21.6. The molecule has 0 spiro atoms. The summed E-state index contributed by atoms with van der Waals surface area (Å²) < 4.78 is 65.3. The number of hydrogen-bond donors (Lipinski definition) is 4. The maximum Gasteiger partial charge on any atom is 1.00 e. The van der Waals surface area contributed by atoms with Crippen LogP contribution >= 0.6 is 11.6 Å². The second-order valence-corrected chi connectivity index (χ2v) is 8.98. The normalized spacial score (nSPS) is 11.1. The summed E-state index contributed by atoms with van der Waals surface area (Å²) in [6, 6.07) is 7.56. The predicted molar refractivity (Wildman–Crippen MR) is 106 cm³/mol. The van der Waals surface area contributed by atoms with E-state index in [4.69, 9.17) is 11.6 Å². The van der Waals surface area contributed by atoms with E-state index in [1.807, 2.05) is 0 Å². The van der Waals surface area contributed by atoms with Gasteiger partial charge >= 0.3 is 59.1 Å². The Hall–Kier alpha value is -0.278. The molecule has 11 nitrogen and oxygen atoms in total. The fraction of sp³-hybridized carbons (Fsp3) is 0. The molecule has 166 valence electrons. The van der Waals surface area contributed by atoms with Crippen LogP contribution in [0.3, 0.4) is 0 Å². The van der Waals surface area contributed by atoms with Crippen molar-refractivity contribution in [1.82, 2.24) is 0 Å². The Balaban J connectivity index is 0. The van der Waals surface area contributed by atoms with Crippen LogP contribution in [0, 0.1) is 0 Å². The van der Waals surface area contributed by atoms with E-state index in [2.05, 4.69) is 10.2 Å². The molecule has 0 unspecified atom stereocenters. The quantitative estimate of drug-likeness (QED) is 0.143. The molecule has 0 bridgehead atoms. The van der Waals surface area contributed by atoms with Crippen molar-refractivity contribution in [2.75, 3.05) is 0 Å². The number of nitrogens with zero attached hydrogens (tertiary/aromatic N) is 2.